The SMILES string of the molecule is N#Cc1c(O)c2c(-c3ccc(C#CCCO)cc3)c(Br)sc2[nH]c1=O. The van der Waals surface area contributed by atoms with E-state index in [2.05, 4.69) is 32.8 Å². The van der Waals surface area contributed by atoms with Gasteiger partial charge in [-0.1, -0.05) is 24.0 Å². The Kier molecular flexibility index (Phi) is 4.91. The lowest BCUT2D eigenvalue weighted by Gasteiger charge is -2.04. The maximum absolute atomic E-state index is 11.8. The Morgan fingerprint density at radius 3 is 2.64 bits per heavy atom. The van der Waals surface area contributed by atoms with Crippen LogP contribution >= 0.6 is 27.3 Å². The van der Waals surface area contributed by atoms with Gasteiger partial charge in [-0.25, -0.2) is 0 Å². The van der Waals surface area contributed by atoms with E-state index in [1.807, 2.05) is 24.3 Å². The van der Waals surface area contributed by atoms with Crippen molar-refractivity contribution in [2.75, 3.05) is 6.61 Å². The molecule has 2 aromatic heterocycles. The van der Waals surface area contributed by atoms with Crippen molar-refractivity contribution < 1.29 is 10.2 Å². The summed E-state index contributed by atoms with van der Waals surface area (Å²) in [7, 11) is 0. The van der Waals surface area contributed by atoms with Crippen molar-refractivity contribution in [2.45, 2.75) is 6.42 Å². The van der Waals surface area contributed by atoms with Crippen LogP contribution in [0.5, 0.6) is 5.75 Å². The Morgan fingerprint density at radius 2 is 2.00 bits per heavy atom. The molecule has 0 spiro atoms. The van der Waals surface area contributed by atoms with E-state index in [9.17, 15) is 9.90 Å². The first kappa shape index (κ1) is 17.2. The molecule has 0 aliphatic heterocycles. The highest BCUT2D eigenvalue weighted by molar-refractivity contribution is 9.11. The van der Waals surface area contributed by atoms with Crippen molar-refractivity contribution >= 4 is 37.5 Å². The molecule has 0 atom stereocenters. The number of rotatable bonds is 2. The van der Waals surface area contributed by atoms with Crippen molar-refractivity contribution in [3.63, 3.8) is 0 Å². The van der Waals surface area contributed by atoms with Gasteiger partial charge in [0.05, 0.1) is 15.8 Å². The van der Waals surface area contributed by atoms with Crippen LogP contribution < -0.4 is 5.56 Å². The molecule has 0 bridgehead atoms. The summed E-state index contributed by atoms with van der Waals surface area (Å²) in [4.78, 5) is 15.0. The van der Waals surface area contributed by atoms with E-state index in [1.165, 1.54) is 11.3 Å². The first-order valence-corrected chi connectivity index (χ1v) is 8.85. The van der Waals surface area contributed by atoms with Crippen LogP contribution in [0.15, 0.2) is 32.8 Å². The van der Waals surface area contributed by atoms with Crippen LogP contribution in [0.3, 0.4) is 0 Å². The number of pyridine rings is 1. The van der Waals surface area contributed by atoms with E-state index in [0.29, 0.717) is 22.2 Å². The van der Waals surface area contributed by atoms with Crippen LogP contribution in [-0.4, -0.2) is 21.8 Å². The molecule has 25 heavy (non-hydrogen) atoms. The Labute approximate surface area is 155 Å². The largest absolute Gasteiger partial charge is 0.506 e. The third kappa shape index (κ3) is 3.18. The molecule has 0 amide bonds. The highest BCUT2D eigenvalue weighted by atomic mass is 79.9. The zero-order valence-corrected chi connectivity index (χ0v) is 15.2. The minimum absolute atomic E-state index is 0.0254. The summed E-state index contributed by atoms with van der Waals surface area (Å²) in [6, 6.07) is 9.12. The first-order chi connectivity index (χ1) is 12.1. The second kappa shape index (κ2) is 7.12. The molecule has 0 fully saturated rings. The molecule has 3 N–H and O–H groups in total. The van der Waals surface area contributed by atoms with Gasteiger partial charge in [-0.3, -0.25) is 4.79 Å². The number of fused-ring (bicyclic) bond motifs is 1. The van der Waals surface area contributed by atoms with E-state index in [0.717, 1.165) is 14.9 Å². The van der Waals surface area contributed by atoms with Crippen molar-refractivity contribution in [1.29, 1.82) is 5.26 Å². The second-order valence-electron chi connectivity index (χ2n) is 5.10. The number of nitriles is 1. The van der Waals surface area contributed by atoms with E-state index < -0.39 is 5.56 Å². The monoisotopic (exact) mass is 414 g/mol. The predicted octanol–water partition coefficient (Wildman–Crippen LogP) is 3.33. The van der Waals surface area contributed by atoms with Gasteiger partial charge in [-0.2, -0.15) is 5.26 Å². The lowest BCUT2D eigenvalue weighted by atomic mass is 10.0. The highest BCUT2D eigenvalue weighted by Gasteiger charge is 2.20. The fourth-order valence-electron chi connectivity index (χ4n) is 2.42. The lowest BCUT2D eigenvalue weighted by molar-refractivity contribution is 0.305. The summed E-state index contributed by atoms with van der Waals surface area (Å²) in [6.45, 7) is 0.0254. The van der Waals surface area contributed by atoms with Crippen LogP contribution in [0.1, 0.15) is 17.5 Å². The van der Waals surface area contributed by atoms with Gasteiger partial charge in [0.1, 0.15) is 16.6 Å². The Morgan fingerprint density at radius 1 is 1.28 bits per heavy atom. The van der Waals surface area contributed by atoms with Gasteiger partial charge in [0, 0.05) is 17.5 Å². The molecule has 5 nitrogen and oxygen atoms in total. The van der Waals surface area contributed by atoms with Gasteiger partial charge in [0.15, 0.2) is 5.56 Å². The van der Waals surface area contributed by atoms with Gasteiger partial charge >= 0.3 is 0 Å². The van der Waals surface area contributed by atoms with Gasteiger partial charge in [-0.15, -0.1) is 11.3 Å². The van der Waals surface area contributed by atoms with Crippen LogP contribution in [0.25, 0.3) is 21.3 Å². The molecule has 3 rings (SSSR count). The van der Waals surface area contributed by atoms with Crippen LogP contribution in [0.2, 0.25) is 0 Å². The zero-order valence-electron chi connectivity index (χ0n) is 12.8. The van der Waals surface area contributed by atoms with Crippen LogP contribution in [-0.2, 0) is 0 Å². The number of H-pyrrole nitrogens is 1. The standard InChI is InChI=1S/C18H11BrN2O3S/c19-16-13(11-6-4-10(5-7-11)3-1-2-8-22)14-15(23)12(9-20)17(24)21-18(14)25-16/h4-7,22H,2,8H2,(H2,21,23,24). The topological polar surface area (TPSA) is 97.1 Å². The minimum atomic E-state index is -0.609. The number of aromatic nitrogens is 1. The normalized spacial score (nSPS) is 10.3. The second-order valence-corrected chi connectivity index (χ2v) is 7.44. The maximum Gasteiger partial charge on any atom is 0.270 e. The lowest BCUT2D eigenvalue weighted by Crippen LogP contribution is -2.09. The number of hydrogen-bond donors (Lipinski definition) is 3. The van der Waals surface area contributed by atoms with E-state index in [-0.39, 0.29) is 17.9 Å². The average molecular weight is 415 g/mol. The summed E-state index contributed by atoms with van der Waals surface area (Å²) in [6.07, 6.45) is 0.417. The Bertz CT molecular complexity index is 1110. The first-order valence-electron chi connectivity index (χ1n) is 7.24. The third-order valence-corrected chi connectivity index (χ3v) is 5.32. The number of aromatic hydroxyl groups is 1. The summed E-state index contributed by atoms with van der Waals surface area (Å²) in [5.41, 5.74) is 1.42. The van der Waals surface area contributed by atoms with Crippen molar-refractivity contribution in [1.82, 2.24) is 4.98 Å². The highest BCUT2D eigenvalue weighted by Crippen LogP contribution is 2.45. The molecule has 0 saturated carbocycles. The minimum Gasteiger partial charge on any atom is -0.506 e. The number of halogens is 1. The van der Waals surface area contributed by atoms with Crippen molar-refractivity contribution in [2.24, 2.45) is 0 Å². The molecule has 1 aromatic carbocycles. The number of nitrogens with one attached hydrogen (secondary N) is 1. The van der Waals surface area contributed by atoms with Crippen LogP contribution in [0, 0.1) is 23.2 Å². The predicted molar refractivity (Wildman–Crippen MR) is 101 cm³/mol. The van der Waals surface area contributed by atoms with Gasteiger partial charge in [-0.05, 0) is 33.6 Å². The van der Waals surface area contributed by atoms with Crippen molar-refractivity contribution in [3.8, 4) is 34.8 Å². The van der Waals surface area contributed by atoms with E-state index >= 15 is 0 Å². The van der Waals surface area contributed by atoms with Gasteiger partial charge < -0.3 is 15.2 Å². The summed E-state index contributed by atoms with van der Waals surface area (Å²) >= 11 is 4.75. The molecular weight excluding hydrogens is 404 g/mol. The number of benzene rings is 1. The summed E-state index contributed by atoms with van der Waals surface area (Å²) < 4.78 is 0.739. The zero-order chi connectivity index (χ0) is 18.0. The average Bonchev–Trinajstić information content (AvgIpc) is 2.92. The fourth-order valence-corrected chi connectivity index (χ4v) is 4.28. The molecule has 2 heterocycles. The maximum atomic E-state index is 11.8. The molecular formula is C18H11BrN2O3S. The number of aliphatic hydroxyl groups is 1. The van der Waals surface area contributed by atoms with Crippen molar-refractivity contribution in [3.05, 3.63) is 49.5 Å². The number of aromatic amines is 1. The molecule has 0 unspecified atom stereocenters. The summed E-state index contributed by atoms with van der Waals surface area (Å²) in [5.74, 6) is 5.49. The number of hydrogen-bond acceptors (Lipinski definition) is 5. The Hall–Kier alpha value is -2.58. The summed E-state index contributed by atoms with van der Waals surface area (Å²) in [5, 5.41) is 28.7. The quantitative estimate of drug-likeness (QED) is 0.560. The molecule has 3 aromatic rings. The van der Waals surface area contributed by atoms with E-state index in [4.69, 9.17) is 10.4 Å². The van der Waals surface area contributed by atoms with Gasteiger partial charge in [0.2, 0.25) is 0 Å². The Balaban J connectivity index is 2.17. The molecule has 124 valence electrons. The smallest absolute Gasteiger partial charge is 0.270 e. The fraction of sp³-hybridized carbons (Fsp3) is 0.111. The number of nitrogens with zero attached hydrogens (tertiary/aromatic N) is 1. The number of aliphatic hydroxyl groups excluding tert-OH is 1. The molecule has 0 radical (unpaired) electrons. The third-order valence-electron chi connectivity index (χ3n) is 3.55. The molecule has 0 saturated heterocycles. The molecule has 0 aliphatic rings. The number of thiophene rings is 1. The molecule has 0 aliphatic carbocycles. The van der Waals surface area contributed by atoms with E-state index in [1.54, 1.807) is 6.07 Å². The molecule has 7 heteroatoms. The van der Waals surface area contributed by atoms with Crippen LogP contribution in [0.4, 0.5) is 0 Å². The van der Waals surface area contributed by atoms with Gasteiger partial charge in [0.25, 0.3) is 5.56 Å².